The van der Waals surface area contributed by atoms with Gasteiger partial charge in [0.05, 0.1) is 29.6 Å². The van der Waals surface area contributed by atoms with Gasteiger partial charge in [0.25, 0.3) is 5.91 Å². The van der Waals surface area contributed by atoms with E-state index in [-0.39, 0.29) is 12.5 Å². The first-order valence-electron chi connectivity index (χ1n) is 9.87. The first kappa shape index (κ1) is 23.7. The highest BCUT2D eigenvalue weighted by molar-refractivity contribution is 7.92. The summed E-state index contributed by atoms with van der Waals surface area (Å²) in [4.78, 5) is 17.0. The number of hydrogen-bond donors (Lipinski definition) is 2. The third-order valence-corrected chi connectivity index (χ3v) is 5.82. The van der Waals surface area contributed by atoms with Crippen LogP contribution in [0.2, 0.25) is 10.0 Å². The monoisotopic (exact) mass is 516 g/mol. The minimum absolute atomic E-state index is 0.131. The number of carbonyl (C=O) groups excluding carboxylic acids is 1. The van der Waals surface area contributed by atoms with Gasteiger partial charge in [0.2, 0.25) is 10.0 Å². The second kappa shape index (κ2) is 9.80. The molecule has 0 aliphatic rings. The Kier molecular flexibility index (Phi) is 6.82. The minimum Gasteiger partial charge on any atom is -0.346 e. The predicted molar refractivity (Wildman–Crippen MR) is 131 cm³/mol. The molecule has 0 saturated heterocycles. The maximum atomic E-state index is 12.8. The van der Waals surface area contributed by atoms with Gasteiger partial charge < -0.3 is 5.32 Å². The van der Waals surface area contributed by atoms with E-state index in [9.17, 15) is 13.2 Å². The number of anilines is 1. The summed E-state index contributed by atoms with van der Waals surface area (Å²) in [5.74, 6) is 0.128. The summed E-state index contributed by atoms with van der Waals surface area (Å²) in [6.45, 7) is 0.131. The van der Waals surface area contributed by atoms with Crippen LogP contribution >= 0.6 is 23.2 Å². The van der Waals surface area contributed by atoms with Crippen LogP contribution in [-0.4, -0.2) is 40.6 Å². The van der Waals surface area contributed by atoms with E-state index in [2.05, 4.69) is 25.3 Å². The third-order valence-electron chi connectivity index (χ3n) is 4.65. The number of amides is 1. The Morgan fingerprint density at radius 1 is 1.03 bits per heavy atom. The summed E-state index contributed by atoms with van der Waals surface area (Å²) in [6.07, 6.45) is 4.29. The number of nitrogens with one attached hydrogen (secondary N) is 2. The number of benzene rings is 2. The zero-order valence-corrected chi connectivity index (χ0v) is 20.1. The maximum Gasteiger partial charge on any atom is 0.253 e. The number of hydrogen-bond acceptors (Lipinski definition) is 6. The fourth-order valence-electron chi connectivity index (χ4n) is 3.10. The fourth-order valence-corrected chi connectivity index (χ4v) is 4.02. The van der Waals surface area contributed by atoms with E-state index >= 15 is 0 Å². The van der Waals surface area contributed by atoms with E-state index in [0.29, 0.717) is 32.8 Å². The number of carbonyl (C=O) groups is 1. The summed E-state index contributed by atoms with van der Waals surface area (Å²) >= 11 is 12.2. The van der Waals surface area contributed by atoms with Crippen molar-refractivity contribution in [2.45, 2.75) is 6.54 Å². The SMILES string of the molecule is CS(=O)(=O)Nc1ccc(-c2ccc(Cl)c(C(=O)NCc3cn(-c4cc(Cl)ccn4)nn3)c2)cc1. The number of aromatic nitrogens is 4. The molecular formula is C22H18Cl2N6O3S. The van der Waals surface area contributed by atoms with Gasteiger partial charge in [-0.1, -0.05) is 46.6 Å². The lowest BCUT2D eigenvalue weighted by Crippen LogP contribution is -2.23. The number of halogens is 2. The van der Waals surface area contributed by atoms with E-state index in [1.807, 2.05) is 0 Å². The lowest BCUT2D eigenvalue weighted by Gasteiger charge is -2.09. The van der Waals surface area contributed by atoms with Gasteiger partial charge in [0.1, 0.15) is 5.69 Å². The van der Waals surface area contributed by atoms with Crippen LogP contribution < -0.4 is 10.0 Å². The Hall–Kier alpha value is -3.47. The van der Waals surface area contributed by atoms with Crippen LogP contribution in [-0.2, 0) is 16.6 Å². The molecule has 2 aromatic heterocycles. The van der Waals surface area contributed by atoms with Crippen LogP contribution in [0.1, 0.15) is 16.1 Å². The van der Waals surface area contributed by atoms with E-state index in [0.717, 1.165) is 17.4 Å². The molecule has 4 aromatic rings. The highest BCUT2D eigenvalue weighted by Crippen LogP contribution is 2.26. The average Bonchev–Trinajstić information content (AvgIpc) is 3.27. The van der Waals surface area contributed by atoms with E-state index in [1.165, 1.54) is 4.68 Å². The standard InChI is InChI=1S/C22H18Cl2N6O3S/c1-34(32,33)28-17-5-2-14(3-6-17)15-4-7-20(24)19(10-15)22(31)26-12-18-13-30(29-27-18)21-11-16(23)8-9-25-21/h2-11,13,28H,12H2,1H3,(H,26,31). The van der Waals surface area contributed by atoms with Gasteiger partial charge in [-0.25, -0.2) is 18.1 Å². The van der Waals surface area contributed by atoms with Crippen LogP contribution in [0.15, 0.2) is 67.0 Å². The highest BCUT2D eigenvalue weighted by atomic mass is 35.5. The Morgan fingerprint density at radius 2 is 1.76 bits per heavy atom. The molecule has 0 aliphatic carbocycles. The summed E-state index contributed by atoms with van der Waals surface area (Å²) < 4.78 is 26.6. The zero-order valence-electron chi connectivity index (χ0n) is 17.7. The fraction of sp³-hybridized carbons (Fsp3) is 0.0909. The molecule has 12 heteroatoms. The topological polar surface area (TPSA) is 119 Å². The highest BCUT2D eigenvalue weighted by Gasteiger charge is 2.13. The first-order valence-corrected chi connectivity index (χ1v) is 12.5. The van der Waals surface area contributed by atoms with Crippen molar-refractivity contribution in [3.8, 4) is 16.9 Å². The molecule has 0 aliphatic heterocycles. The second-order valence-electron chi connectivity index (χ2n) is 7.32. The normalized spacial score (nSPS) is 11.3. The van der Waals surface area contributed by atoms with Crippen molar-refractivity contribution in [3.05, 3.63) is 88.3 Å². The van der Waals surface area contributed by atoms with Crippen LogP contribution in [0.3, 0.4) is 0 Å². The summed E-state index contributed by atoms with van der Waals surface area (Å²) in [6, 6.07) is 15.2. The smallest absolute Gasteiger partial charge is 0.253 e. The van der Waals surface area contributed by atoms with Gasteiger partial charge in [-0.15, -0.1) is 5.10 Å². The maximum absolute atomic E-state index is 12.8. The Bertz CT molecular complexity index is 1460. The molecule has 0 radical (unpaired) electrons. The van der Waals surface area contributed by atoms with Gasteiger partial charge in [0.15, 0.2) is 5.82 Å². The molecule has 1 amide bonds. The molecule has 174 valence electrons. The molecule has 0 atom stereocenters. The third kappa shape index (κ3) is 5.90. The van der Waals surface area contributed by atoms with Gasteiger partial charge in [-0.2, -0.15) is 0 Å². The predicted octanol–water partition coefficient (Wildman–Crippen LogP) is 3.94. The van der Waals surface area contributed by atoms with Crippen LogP contribution in [0.5, 0.6) is 0 Å². The first-order chi connectivity index (χ1) is 16.2. The largest absolute Gasteiger partial charge is 0.346 e. The number of nitrogens with zero attached hydrogens (tertiary/aromatic N) is 4. The summed E-state index contributed by atoms with van der Waals surface area (Å²) in [5.41, 5.74) is 2.80. The van der Waals surface area contributed by atoms with Gasteiger partial charge >= 0.3 is 0 Å². The van der Waals surface area contributed by atoms with Crippen LogP contribution in [0, 0.1) is 0 Å². The molecular weight excluding hydrogens is 499 g/mol. The van der Waals surface area contributed by atoms with Crippen molar-refractivity contribution in [2.75, 3.05) is 11.0 Å². The minimum atomic E-state index is -3.36. The van der Waals surface area contributed by atoms with E-state index < -0.39 is 10.0 Å². The lowest BCUT2D eigenvalue weighted by atomic mass is 10.0. The van der Waals surface area contributed by atoms with Gasteiger partial charge in [0, 0.05) is 23.0 Å². The molecule has 0 bridgehead atoms. The van der Waals surface area contributed by atoms with Crippen molar-refractivity contribution in [3.63, 3.8) is 0 Å². The van der Waals surface area contributed by atoms with Crippen molar-refractivity contribution < 1.29 is 13.2 Å². The van der Waals surface area contributed by atoms with Gasteiger partial charge in [-0.3, -0.25) is 9.52 Å². The molecule has 0 fully saturated rings. The van der Waals surface area contributed by atoms with E-state index in [4.69, 9.17) is 23.2 Å². The molecule has 0 saturated carbocycles. The van der Waals surface area contributed by atoms with Gasteiger partial charge in [-0.05, 0) is 41.5 Å². The van der Waals surface area contributed by atoms with Crippen molar-refractivity contribution in [1.82, 2.24) is 25.3 Å². The molecule has 0 unspecified atom stereocenters. The average molecular weight is 517 g/mol. The molecule has 2 N–H and O–H groups in total. The Morgan fingerprint density at radius 3 is 2.47 bits per heavy atom. The van der Waals surface area contributed by atoms with Crippen LogP contribution in [0.4, 0.5) is 5.69 Å². The number of sulfonamides is 1. The molecule has 0 spiro atoms. The van der Waals surface area contributed by atoms with Crippen molar-refractivity contribution >= 4 is 44.8 Å². The second-order valence-corrected chi connectivity index (χ2v) is 9.91. The zero-order chi connectivity index (χ0) is 24.3. The number of pyridine rings is 1. The lowest BCUT2D eigenvalue weighted by molar-refractivity contribution is 0.0950. The quantitative estimate of drug-likeness (QED) is 0.384. The molecule has 2 heterocycles. The molecule has 2 aromatic carbocycles. The Labute approximate surface area is 205 Å². The summed E-state index contributed by atoms with van der Waals surface area (Å²) in [7, 11) is -3.36. The van der Waals surface area contributed by atoms with Crippen molar-refractivity contribution in [2.24, 2.45) is 0 Å². The van der Waals surface area contributed by atoms with Crippen LogP contribution in [0.25, 0.3) is 16.9 Å². The molecule has 4 rings (SSSR count). The van der Waals surface area contributed by atoms with Crippen molar-refractivity contribution in [1.29, 1.82) is 0 Å². The number of rotatable bonds is 7. The molecule has 34 heavy (non-hydrogen) atoms. The molecule has 9 nitrogen and oxygen atoms in total. The van der Waals surface area contributed by atoms with E-state index in [1.54, 1.807) is 67.0 Å². The Balaban J connectivity index is 1.46. The summed E-state index contributed by atoms with van der Waals surface area (Å²) in [5, 5.41) is 11.6.